The van der Waals surface area contributed by atoms with Crippen molar-refractivity contribution in [1.82, 2.24) is 4.57 Å². The van der Waals surface area contributed by atoms with Crippen LogP contribution in [0.3, 0.4) is 0 Å². The average Bonchev–Trinajstić information content (AvgIpc) is 4.18. The van der Waals surface area contributed by atoms with Gasteiger partial charge >= 0.3 is 0 Å². The van der Waals surface area contributed by atoms with E-state index in [-0.39, 0.29) is 0 Å². The van der Waals surface area contributed by atoms with Crippen LogP contribution in [-0.2, 0) is 5.41 Å². The second-order valence-electron chi connectivity index (χ2n) is 18.7. The van der Waals surface area contributed by atoms with Gasteiger partial charge in [-0.3, -0.25) is 0 Å². The van der Waals surface area contributed by atoms with Gasteiger partial charge in [-0.1, -0.05) is 188 Å². The van der Waals surface area contributed by atoms with Crippen LogP contribution in [0.25, 0.3) is 93.6 Å². The SMILES string of the molecule is c1ccc(N(c2cccc3c2-c2ccccc2C3(c2ccccc2)c2ccccc2)c2cccc3c4c(-c5ccc6c(c5)oc5ccccc56)c5c(cc4n(-c4ccccc4)c23)oc2ccccc25)cc1. The molecule has 0 saturated carbocycles. The molecule has 4 nitrogen and oxygen atoms in total. The number of benzene rings is 11. The molecular formula is C67H42N2O2. The lowest BCUT2D eigenvalue weighted by Gasteiger charge is -2.34. The molecule has 0 radical (unpaired) electrons. The summed E-state index contributed by atoms with van der Waals surface area (Å²) in [5.41, 5.74) is 18.8. The van der Waals surface area contributed by atoms with Crippen molar-refractivity contribution >= 4 is 82.7 Å². The summed E-state index contributed by atoms with van der Waals surface area (Å²) >= 11 is 0. The maximum absolute atomic E-state index is 6.89. The molecule has 0 fully saturated rings. The minimum Gasteiger partial charge on any atom is -0.456 e. The molecule has 0 bridgehead atoms. The Kier molecular flexibility index (Phi) is 8.54. The molecule has 1 aliphatic carbocycles. The number of hydrogen-bond donors (Lipinski definition) is 0. The monoisotopic (exact) mass is 906 g/mol. The molecule has 15 rings (SSSR count). The second-order valence-corrected chi connectivity index (χ2v) is 18.7. The summed E-state index contributed by atoms with van der Waals surface area (Å²) < 4.78 is 16.0. The molecule has 0 spiro atoms. The Morgan fingerprint density at radius 3 is 1.69 bits per heavy atom. The predicted molar refractivity (Wildman–Crippen MR) is 293 cm³/mol. The summed E-state index contributed by atoms with van der Waals surface area (Å²) in [7, 11) is 0. The van der Waals surface area contributed by atoms with Gasteiger partial charge in [-0.2, -0.15) is 0 Å². The van der Waals surface area contributed by atoms with Gasteiger partial charge in [-0.05, 0) is 94.0 Å². The van der Waals surface area contributed by atoms with Gasteiger partial charge in [0.1, 0.15) is 22.3 Å². The molecule has 332 valence electrons. The van der Waals surface area contributed by atoms with Crippen LogP contribution in [-0.4, -0.2) is 4.57 Å². The third-order valence-corrected chi connectivity index (χ3v) is 15.0. The summed E-state index contributed by atoms with van der Waals surface area (Å²) in [5, 5.41) is 6.63. The van der Waals surface area contributed by atoms with Crippen LogP contribution in [0.5, 0.6) is 0 Å². The van der Waals surface area contributed by atoms with Gasteiger partial charge in [-0.15, -0.1) is 0 Å². The topological polar surface area (TPSA) is 34.5 Å². The van der Waals surface area contributed by atoms with Crippen LogP contribution in [0.2, 0.25) is 0 Å². The summed E-state index contributed by atoms with van der Waals surface area (Å²) in [6.45, 7) is 0. The van der Waals surface area contributed by atoms with E-state index in [1.54, 1.807) is 0 Å². The number of hydrogen-bond acceptors (Lipinski definition) is 3. The standard InChI is InChI=1S/C67H42N2O2/c1-5-21-44(22-6-1)67(45-23-7-2-8-24-45)53-33-16-13-30-50(53)63-54(67)34-20-35-55(63)68(46-25-9-3-10-26-46)56-36-19-32-52-64-57(69(66(52)56)47-27-11-4-12-28-47)42-61-65(51-31-15-18-38-59(51)71-61)62(64)43-39-40-49-48-29-14-17-37-58(48)70-60(49)41-43/h1-42H. The van der Waals surface area contributed by atoms with Crippen molar-refractivity contribution in [3.63, 3.8) is 0 Å². The Hall–Kier alpha value is -9.38. The third kappa shape index (κ3) is 5.61. The van der Waals surface area contributed by atoms with Crippen molar-refractivity contribution in [2.75, 3.05) is 4.90 Å². The molecule has 0 atom stereocenters. The van der Waals surface area contributed by atoms with Crippen molar-refractivity contribution in [3.8, 4) is 27.9 Å². The highest BCUT2D eigenvalue weighted by molar-refractivity contribution is 6.29. The van der Waals surface area contributed by atoms with E-state index in [1.807, 2.05) is 6.07 Å². The fourth-order valence-corrected chi connectivity index (χ4v) is 12.3. The molecule has 4 heteroatoms. The molecular weight excluding hydrogens is 865 g/mol. The molecule has 14 aromatic rings. The third-order valence-electron chi connectivity index (χ3n) is 15.0. The molecule has 0 N–H and O–H groups in total. The lowest BCUT2D eigenvalue weighted by atomic mass is 9.68. The van der Waals surface area contributed by atoms with Gasteiger partial charge in [0, 0.05) is 60.9 Å². The highest BCUT2D eigenvalue weighted by Crippen LogP contribution is 2.60. The molecule has 3 heterocycles. The average molecular weight is 907 g/mol. The first-order valence-corrected chi connectivity index (χ1v) is 24.3. The van der Waals surface area contributed by atoms with Crippen LogP contribution in [0.4, 0.5) is 17.1 Å². The summed E-state index contributed by atoms with van der Waals surface area (Å²) in [5.74, 6) is 0. The van der Waals surface area contributed by atoms with Gasteiger partial charge in [0.05, 0.1) is 27.8 Å². The lowest BCUT2D eigenvalue weighted by molar-refractivity contribution is 0.668. The zero-order chi connectivity index (χ0) is 46.6. The Labute approximate surface area is 409 Å². The summed E-state index contributed by atoms with van der Waals surface area (Å²) in [6, 6.07) is 92.3. The largest absolute Gasteiger partial charge is 0.456 e. The molecule has 0 amide bonds. The first kappa shape index (κ1) is 39.6. The molecule has 3 aromatic heterocycles. The fraction of sp³-hybridized carbons (Fsp3) is 0.0149. The highest BCUT2D eigenvalue weighted by atomic mass is 16.3. The normalized spacial score (nSPS) is 12.9. The van der Waals surface area contributed by atoms with Crippen LogP contribution in [0.15, 0.2) is 264 Å². The number of para-hydroxylation sites is 5. The number of nitrogens with zero attached hydrogens (tertiary/aromatic N) is 2. The van der Waals surface area contributed by atoms with Crippen LogP contribution in [0.1, 0.15) is 22.3 Å². The van der Waals surface area contributed by atoms with Crippen LogP contribution >= 0.6 is 0 Å². The number of aromatic nitrogens is 1. The van der Waals surface area contributed by atoms with Crippen LogP contribution < -0.4 is 4.90 Å². The Balaban J connectivity index is 1.09. The van der Waals surface area contributed by atoms with Gasteiger partial charge in [0.25, 0.3) is 0 Å². The number of furan rings is 2. The first-order chi connectivity index (χ1) is 35.3. The van der Waals surface area contributed by atoms with E-state index in [0.717, 1.165) is 99.6 Å². The van der Waals surface area contributed by atoms with Gasteiger partial charge in [0.15, 0.2) is 0 Å². The smallest absolute Gasteiger partial charge is 0.138 e. The van der Waals surface area contributed by atoms with Crippen molar-refractivity contribution < 1.29 is 8.83 Å². The van der Waals surface area contributed by atoms with E-state index in [0.29, 0.717) is 0 Å². The van der Waals surface area contributed by atoms with E-state index in [4.69, 9.17) is 8.83 Å². The Morgan fingerprint density at radius 2 is 0.930 bits per heavy atom. The highest BCUT2D eigenvalue weighted by Gasteiger charge is 2.47. The second kappa shape index (κ2) is 15.3. The van der Waals surface area contributed by atoms with Crippen LogP contribution in [0, 0.1) is 0 Å². The molecule has 0 unspecified atom stereocenters. The molecule has 11 aromatic carbocycles. The maximum atomic E-state index is 6.89. The minimum absolute atomic E-state index is 0.565. The maximum Gasteiger partial charge on any atom is 0.138 e. The van der Waals surface area contributed by atoms with Crippen molar-refractivity contribution in [3.05, 3.63) is 277 Å². The summed E-state index contributed by atoms with van der Waals surface area (Å²) in [6.07, 6.45) is 0. The number of fused-ring (bicyclic) bond motifs is 12. The zero-order valence-corrected chi connectivity index (χ0v) is 38.5. The number of anilines is 3. The Bertz CT molecular complexity index is 4360. The first-order valence-electron chi connectivity index (χ1n) is 24.3. The van der Waals surface area contributed by atoms with Gasteiger partial charge < -0.3 is 18.3 Å². The molecule has 0 saturated heterocycles. The van der Waals surface area contributed by atoms with E-state index in [9.17, 15) is 0 Å². The van der Waals surface area contributed by atoms with E-state index >= 15 is 0 Å². The molecule has 71 heavy (non-hydrogen) atoms. The lowest BCUT2D eigenvalue weighted by Crippen LogP contribution is -2.28. The predicted octanol–water partition coefficient (Wildman–Crippen LogP) is 18.1. The Morgan fingerprint density at radius 1 is 0.366 bits per heavy atom. The van der Waals surface area contributed by atoms with Crippen molar-refractivity contribution in [2.45, 2.75) is 5.41 Å². The zero-order valence-electron chi connectivity index (χ0n) is 38.5. The molecule has 1 aliphatic rings. The fourth-order valence-electron chi connectivity index (χ4n) is 12.3. The van der Waals surface area contributed by atoms with E-state index in [2.05, 4.69) is 258 Å². The van der Waals surface area contributed by atoms with Gasteiger partial charge in [-0.25, -0.2) is 0 Å². The van der Waals surface area contributed by atoms with E-state index in [1.165, 1.54) is 33.4 Å². The van der Waals surface area contributed by atoms with Crippen molar-refractivity contribution in [1.29, 1.82) is 0 Å². The van der Waals surface area contributed by atoms with Gasteiger partial charge in [0.2, 0.25) is 0 Å². The number of rotatable bonds is 7. The quantitative estimate of drug-likeness (QED) is 0.160. The van der Waals surface area contributed by atoms with Crippen molar-refractivity contribution in [2.24, 2.45) is 0 Å². The van der Waals surface area contributed by atoms with E-state index < -0.39 is 5.41 Å². The molecule has 0 aliphatic heterocycles. The minimum atomic E-state index is -0.565. The summed E-state index contributed by atoms with van der Waals surface area (Å²) in [4.78, 5) is 2.50.